The average molecular weight is 282 g/mol. The van der Waals surface area contributed by atoms with Gasteiger partial charge in [-0.05, 0) is 34.4 Å². The van der Waals surface area contributed by atoms with Gasteiger partial charge in [0.2, 0.25) is 0 Å². The van der Waals surface area contributed by atoms with Crippen molar-refractivity contribution >= 4 is 56.3 Å². The van der Waals surface area contributed by atoms with Crippen molar-refractivity contribution in [2.45, 2.75) is 0 Å². The van der Waals surface area contributed by atoms with E-state index in [9.17, 15) is 0 Å². The Labute approximate surface area is 114 Å². The molecule has 3 heteroatoms. The molecule has 0 aliphatic heterocycles. The van der Waals surface area contributed by atoms with Crippen molar-refractivity contribution in [3.63, 3.8) is 0 Å². The van der Waals surface area contributed by atoms with Crippen LogP contribution >= 0.6 is 34.8 Å². The first-order chi connectivity index (χ1) is 8.16. The number of halogens is 3. The monoisotopic (exact) mass is 280 g/mol. The summed E-state index contributed by atoms with van der Waals surface area (Å²) in [6, 6.07) is 13.6. The molecule has 0 bridgehead atoms. The van der Waals surface area contributed by atoms with Crippen molar-refractivity contribution in [3.8, 4) is 0 Å². The Hall–Kier alpha value is -0.950. The molecule has 0 aliphatic carbocycles. The minimum absolute atomic E-state index is 0.571. The molecule has 0 unspecified atom stereocenters. The Bertz CT molecular complexity index is 732. The van der Waals surface area contributed by atoms with E-state index in [1.165, 1.54) is 0 Å². The Morgan fingerprint density at radius 1 is 0.706 bits per heavy atom. The van der Waals surface area contributed by atoms with Gasteiger partial charge in [-0.15, -0.1) is 0 Å². The predicted octanol–water partition coefficient (Wildman–Crippen LogP) is 5.95. The Morgan fingerprint density at radius 3 is 2.24 bits per heavy atom. The summed E-state index contributed by atoms with van der Waals surface area (Å²) in [6.07, 6.45) is 0. The first-order valence-corrected chi connectivity index (χ1v) is 6.26. The van der Waals surface area contributed by atoms with Gasteiger partial charge in [-0.25, -0.2) is 0 Å². The number of hydrogen-bond acceptors (Lipinski definition) is 0. The normalized spacial score (nSPS) is 11.2. The molecule has 0 atom stereocenters. The molecule has 0 N–H and O–H groups in total. The smallest absolute Gasteiger partial charge is 0.0676 e. The lowest BCUT2D eigenvalue weighted by Gasteiger charge is -2.07. The highest BCUT2D eigenvalue weighted by Crippen LogP contribution is 2.36. The molecule has 3 aromatic carbocycles. The van der Waals surface area contributed by atoms with Crippen LogP contribution in [0.15, 0.2) is 42.5 Å². The molecule has 0 fully saturated rings. The van der Waals surface area contributed by atoms with Crippen LogP contribution < -0.4 is 0 Å². The quantitative estimate of drug-likeness (QED) is 0.446. The van der Waals surface area contributed by atoms with Gasteiger partial charge in [0.15, 0.2) is 0 Å². The first kappa shape index (κ1) is 11.2. The molecular weight excluding hydrogens is 275 g/mol. The molecular formula is C14H7Cl3. The minimum atomic E-state index is 0.571. The van der Waals surface area contributed by atoms with Crippen LogP contribution in [0.3, 0.4) is 0 Å². The zero-order chi connectivity index (χ0) is 12.0. The molecule has 3 aromatic rings. The van der Waals surface area contributed by atoms with Gasteiger partial charge in [-0.3, -0.25) is 0 Å². The molecule has 84 valence electrons. The van der Waals surface area contributed by atoms with Gasteiger partial charge in [0.1, 0.15) is 0 Å². The first-order valence-electron chi connectivity index (χ1n) is 5.13. The van der Waals surface area contributed by atoms with Crippen molar-refractivity contribution in [3.05, 3.63) is 57.5 Å². The van der Waals surface area contributed by atoms with E-state index < -0.39 is 0 Å². The van der Waals surface area contributed by atoms with E-state index >= 15 is 0 Å². The van der Waals surface area contributed by atoms with Gasteiger partial charge in [-0.2, -0.15) is 0 Å². The van der Waals surface area contributed by atoms with E-state index in [4.69, 9.17) is 34.8 Å². The van der Waals surface area contributed by atoms with Gasteiger partial charge in [0.25, 0.3) is 0 Å². The topological polar surface area (TPSA) is 0 Å². The van der Waals surface area contributed by atoms with Gasteiger partial charge < -0.3 is 0 Å². The molecule has 0 saturated heterocycles. The van der Waals surface area contributed by atoms with Crippen molar-refractivity contribution in [1.82, 2.24) is 0 Å². The second-order valence-corrected chi connectivity index (χ2v) is 5.11. The van der Waals surface area contributed by atoms with E-state index in [0.717, 1.165) is 26.6 Å². The van der Waals surface area contributed by atoms with E-state index in [1.54, 1.807) is 0 Å². The summed E-state index contributed by atoms with van der Waals surface area (Å²) in [5.41, 5.74) is 0. The summed E-state index contributed by atoms with van der Waals surface area (Å²) in [5, 5.41) is 6.07. The van der Waals surface area contributed by atoms with Crippen LogP contribution in [0.4, 0.5) is 0 Å². The maximum absolute atomic E-state index is 6.28. The predicted molar refractivity (Wildman–Crippen MR) is 76.5 cm³/mol. The number of fused-ring (bicyclic) bond motifs is 3. The minimum Gasteiger partial charge on any atom is -0.0843 e. The fraction of sp³-hybridized carbons (Fsp3) is 0. The zero-order valence-electron chi connectivity index (χ0n) is 8.68. The standard InChI is InChI=1S/C14H7Cl3/c15-10-4-5-11-9(7-10)2-1-8-3-6-12(16)14(17)13(8)11/h1-7H. The van der Waals surface area contributed by atoms with Crippen molar-refractivity contribution in [1.29, 1.82) is 0 Å². The zero-order valence-corrected chi connectivity index (χ0v) is 10.9. The highest BCUT2D eigenvalue weighted by atomic mass is 35.5. The number of benzene rings is 3. The summed E-state index contributed by atoms with van der Waals surface area (Å²) in [4.78, 5) is 0. The molecule has 0 aromatic heterocycles. The highest BCUT2D eigenvalue weighted by Gasteiger charge is 2.07. The Morgan fingerprint density at radius 2 is 1.41 bits per heavy atom. The molecule has 0 radical (unpaired) electrons. The summed E-state index contributed by atoms with van der Waals surface area (Å²) >= 11 is 18.3. The van der Waals surface area contributed by atoms with Gasteiger partial charge >= 0.3 is 0 Å². The number of rotatable bonds is 0. The maximum Gasteiger partial charge on any atom is 0.0676 e. The second-order valence-electron chi connectivity index (χ2n) is 3.89. The summed E-state index contributed by atoms with van der Waals surface area (Å²) in [6.45, 7) is 0. The van der Waals surface area contributed by atoms with Crippen LogP contribution in [-0.2, 0) is 0 Å². The second kappa shape index (κ2) is 4.06. The molecule has 0 spiro atoms. The van der Waals surface area contributed by atoms with Gasteiger partial charge in [0.05, 0.1) is 10.0 Å². The van der Waals surface area contributed by atoms with Crippen molar-refractivity contribution in [2.75, 3.05) is 0 Å². The van der Waals surface area contributed by atoms with Crippen LogP contribution in [0, 0.1) is 0 Å². The Kier molecular flexibility index (Phi) is 2.67. The summed E-state index contributed by atoms with van der Waals surface area (Å²) < 4.78 is 0. The lowest BCUT2D eigenvalue weighted by atomic mass is 10.0. The molecule has 0 heterocycles. The molecule has 0 aliphatic rings. The average Bonchev–Trinajstić information content (AvgIpc) is 2.33. The largest absolute Gasteiger partial charge is 0.0843 e. The van der Waals surface area contributed by atoms with E-state index in [2.05, 4.69) is 0 Å². The fourth-order valence-electron chi connectivity index (χ4n) is 2.06. The highest BCUT2D eigenvalue weighted by molar-refractivity contribution is 6.46. The molecule has 0 amide bonds. The lowest BCUT2D eigenvalue weighted by Crippen LogP contribution is -1.80. The SMILES string of the molecule is Clc1ccc2c(ccc3ccc(Cl)c(Cl)c32)c1. The van der Waals surface area contributed by atoms with Gasteiger partial charge in [-0.1, -0.05) is 59.1 Å². The summed E-state index contributed by atoms with van der Waals surface area (Å²) in [5.74, 6) is 0. The molecule has 0 nitrogen and oxygen atoms in total. The van der Waals surface area contributed by atoms with Crippen LogP contribution in [0.1, 0.15) is 0 Å². The lowest BCUT2D eigenvalue weighted by molar-refractivity contribution is 1.76. The van der Waals surface area contributed by atoms with Gasteiger partial charge in [0, 0.05) is 10.4 Å². The third kappa shape index (κ3) is 1.77. The maximum atomic E-state index is 6.28. The van der Waals surface area contributed by atoms with Crippen LogP contribution in [-0.4, -0.2) is 0 Å². The Balaban J connectivity index is 2.58. The van der Waals surface area contributed by atoms with E-state index in [-0.39, 0.29) is 0 Å². The van der Waals surface area contributed by atoms with E-state index in [0.29, 0.717) is 10.0 Å². The van der Waals surface area contributed by atoms with Crippen molar-refractivity contribution < 1.29 is 0 Å². The third-order valence-electron chi connectivity index (χ3n) is 2.85. The fourth-order valence-corrected chi connectivity index (χ4v) is 2.67. The van der Waals surface area contributed by atoms with Crippen LogP contribution in [0.2, 0.25) is 15.1 Å². The third-order valence-corrected chi connectivity index (χ3v) is 3.89. The van der Waals surface area contributed by atoms with Crippen LogP contribution in [0.25, 0.3) is 21.5 Å². The van der Waals surface area contributed by atoms with E-state index in [1.807, 2.05) is 42.5 Å². The van der Waals surface area contributed by atoms with Crippen LogP contribution in [0.5, 0.6) is 0 Å². The number of hydrogen-bond donors (Lipinski definition) is 0. The van der Waals surface area contributed by atoms with Crippen molar-refractivity contribution in [2.24, 2.45) is 0 Å². The molecule has 17 heavy (non-hydrogen) atoms. The summed E-state index contributed by atoms with van der Waals surface area (Å²) in [7, 11) is 0. The molecule has 3 rings (SSSR count). The molecule has 0 saturated carbocycles.